The summed E-state index contributed by atoms with van der Waals surface area (Å²) in [6, 6.07) is 9.62. The molecule has 0 aliphatic carbocycles. The van der Waals surface area contributed by atoms with Crippen LogP contribution in [0.3, 0.4) is 0 Å². The van der Waals surface area contributed by atoms with Gasteiger partial charge in [0, 0.05) is 0 Å². The minimum atomic E-state index is -1.61. The number of nitro groups is 1. The van der Waals surface area contributed by atoms with Crippen molar-refractivity contribution in [2.75, 3.05) is 0 Å². The summed E-state index contributed by atoms with van der Waals surface area (Å²) in [6.45, 7) is 3.55. The molecule has 2 aromatic carbocycles. The van der Waals surface area contributed by atoms with E-state index in [9.17, 15) is 25.4 Å². The van der Waals surface area contributed by atoms with Gasteiger partial charge in [-0.25, -0.2) is 0 Å². The van der Waals surface area contributed by atoms with Crippen molar-refractivity contribution in [3.63, 3.8) is 0 Å². The van der Waals surface area contributed by atoms with E-state index in [2.05, 4.69) is 0 Å². The van der Waals surface area contributed by atoms with Gasteiger partial charge in [-0.2, -0.15) is 0 Å². The molecule has 1 fully saturated rings. The van der Waals surface area contributed by atoms with Crippen LogP contribution in [-0.2, 0) is 4.74 Å². The highest BCUT2D eigenvalue weighted by atomic mass is 16.8. The second-order valence-corrected chi connectivity index (χ2v) is 6.25. The standard InChI is InChI=1S/C18H19NO8/c1-9-3-5-11(6-4-9)25-14-7-10(2)13(8-12(14)19(23)24)26-18-16(21)15(20)17(22)27-18/h3-8,15-18,20-22H,1-2H3. The lowest BCUT2D eigenvalue weighted by Crippen LogP contribution is -2.35. The number of benzene rings is 2. The maximum atomic E-state index is 11.4. The Morgan fingerprint density at radius 2 is 1.70 bits per heavy atom. The van der Waals surface area contributed by atoms with Gasteiger partial charge in [-0.05, 0) is 37.6 Å². The van der Waals surface area contributed by atoms with Crippen LogP contribution in [0, 0.1) is 24.0 Å². The Kier molecular flexibility index (Phi) is 5.29. The molecule has 9 nitrogen and oxygen atoms in total. The molecule has 1 saturated heterocycles. The molecule has 1 aliphatic heterocycles. The number of rotatable bonds is 5. The highest BCUT2D eigenvalue weighted by molar-refractivity contribution is 5.56. The topological polar surface area (TPSA) is 132 Å². The average molecular weight is 377 g/mol. The number of aliphatic hydroxyl groups excluding tert-OH is 3. The van der Waals surface area contributed by atoms with Crippen LogP contribution in [0.15, 0.2) is 36.4 Å². The lowest BCUT2D eigenvalue weighted by Gasteiger charge is -2.18. The highest BCUT2D eigenvalue weighted by Crippen LogP contribution is 2.38. The SMILES string of the molecule is Cc1ccc(Oc2cc(C)c(OC3OC(O)C(O)C3O)cc2[N+](=O)[O-])cc1. The third-order valence-corrected chi connectivity index (χ3v) is 4.14. The van der Waals surface area contributed by atoms with Crippen LogP contribution in [0.2, 0.25) is 0 Å². The summed E-state index contributed by atoms with van der Waals surface area (Å²) in [6.07, 6.45) is -6.00. The third kappa shape index (κ3) is 4.01. The van der Waals surface area contributed by atoms with E-state index in [-0.39, 0.29) is 17.2 Å². The van der Waals surface area contributed by atoms with Gasteiger partial charge in [-0.3, -0.25) is 10.1 Å². The molecular weight excluding hydrogens is 358 g/mol. The van der Waals surface area contributed by atoms with E-state index in [1.165, 1.54) is 6.07 Å². The van der Waals surface area contributed by atoms with Crippen LogP contribution >= 0.6 is 0 Å². The first kappa shape index (κ1) is 19.1. The van der Waals surface area contributed by atoms with Gasteiger partial charge in [0.1, 0.15) is 23.7 Å². The zero-order valence-corrected chi connectivity index (χ0v) is 14.6. The molecule has 1 aliphatic rings. The summed E-state index contributed by atoms with van der Waals surface area (Å²) in [7, 11) is 0. The molecule has 27 heavy (non-hydrogen) atoms. The first-order valence-electron chi connectivity index (χ1n) is 8.16. The van der Waals surface area contributed by atoms with E-state index in [1.807, 2.05) is 19.1 Å². The van der Waals surface area contributed by atoms with E-state index in [0.29, 0.717) is 11.3 Å². The van der Waals surface area contributed by atoms with Gasteiger partial charge in [-0.15, -0.1) is 0 Å². The van der Waals surface area contributed by atoms with Gasteiger partial charge in [-0.1, -0.05) is 17.7 Å². The largest absolute Gasteiger partial charge is 0.461 e. The lowest BCUT2D eigenvalue weighted by atomic mass is 10.1. The van der Waals surface area contributed by atoms with Gasteiger partial charge < -0.3 is 29.5 Å². The second-order valence-electron chi connectivity index (χ2n) is 6.25. The molecule has 0 bridgehead atoms. The molecule has 3 N–H and O–H groups in total. The van der Waals surface area contributed by atoms with Gasteiger partial charge in [0.05, 0.1) is 11.0 Å². The average Bonchev–Trinajstić information content (AvgIpc) is 2.86. The molecular formula is C18H19NO8. The maximum Gasteiger partial charge on any atom is 0.315 e. The minimum Gasteiger partial charge on any atom is -0.461 e. The lowest BCUT2D eigenvalue weighted by molar-refractivity contribution is -0.385. The summed E-state index contributed by atoms with van der Waals surface area (Å²) in [5, 5.41) is 40.2. The normalized spacial score (nSPS) is 24.6. The van der Waals surface area contributed by atoms with Crippen molar-refractivity contribution in [2.24, 2.45) is 0 Å². The van der Waals surface area contributed by atoms with Crippen LogP contribution in [0.4, 0.5) is 5.69 Å². The summed E-state index contributed by atoms with van der Waals surface area (Å²) in [4.78, 5) is 10.8. The van der Waals surface area contributed by atoms with Gasteiger partial charge in [0.25, 0.3) is 0 Å². The van der Waals surface area contributed by atoms with Gasteiger partial charge in [0.15, 0.2) is 6.29 Å². The van der Waals surface area contributed by atoms with Crippen LogP contribution in [0.1, 0.15) is 11.1 Å². The molecule has 0 aromatic heterocycles. The number of aliphatic hydroxyl groups is 3. The third-order valence-electron chi connectivity index (χ3n) is 4.14. The minimum absolute atomic E-state index is 0.0293. The maximum absolute atomic E-state index is 11.4. The van der Waals surface area contributed by atoms with Gasteiger partial charge in [0.2, 0.25) is 12.0 Å². The van der Waals surface area contributed by atoms with E-state index >= 15 is 0 Å². The van der Waals surface area contributed by atoms with Crippen molar-refractivity contribution in [1.82, 2.24) is 0 Å². The second kappa shape index (κ2) is 7.49. The fraction of sp³-hybridized carbons (Fsp3) is 0.333. The van der Waals surface area contributed by atoms with Crippen molar-refractivity contribution in [1.29, 1.82) is 0 Å². The number of hydrogen-bond acceptors (Lipinski definition) is 8. The van der Waals surface area contributed by atoms with Crippen LogP contribution < -0.4 is 9.47 Å². The van der Waals surface area contributed by atoms with Crippen molar-refractivity contribution in [2.45, 2.75) is 38.6 Å². The first-order valence-corrected chi connectivity index (χ1v) is 8.16. The molecule has 9 heteroatoms. The number of hydrogen-bond donors (Lipinski definition) is 3. The Bertz CT molecular complexity index is 838. The Hall–Kier alpha value is -2.72. The van der Waals surface area contributed by atoms with Gasteiger partial charge >= 0.3 is 5.69 Å². The fourth-order valence-corrected chi connectivity index (χ4v) is 2.59. The Balaban J connectivity index is 1.88. The fourth-order valence-electron chi connectivity index (χ4n) is 2.59. The van der Waals surface area contributed by atoms with Crippen LogP contribution in [-0.4, -0.2) is 45.0 Å². The Morgan fingerprint density at radius 1 is 1.04 bits per heavy atom. The first-order chi connectivity index (χ1) is 12.8. The zero-order valence-electron chi connectivity index (χ0n) is 14.6. The molecule has 2 aromatic rings. The van der Waals surface area contributed by atoms with Crippen molar-refractivity contribution in [3.05, 3.63) is 57.6 Å². The number of nitro benzene ring substituents is 1. The molecule has 1 heterocycles. The molecule has 144 valence electrons. The molecule has 0 saturated carbocycles. The summed E-state index contributed by atoms with van der Waals surface area (Å²) >= 11 is 0. The predicted molar refractivity (Wildman–Crippen MR) is 92.6 cm³/mol. The highest BCUT2D eigenvalue weighted by Gasteiger charge is 2.43. The molecule has 0 radical (unpaired) electrons. The van der Waals surface area contributed by atoms with Crippen LogP contribution in [0.5, 0.6) is 17.2 Å². The Morgan fingerprint density at radius 3 is 2.26 bits per heavy atom. The molecule has 0 spiro atoms. The van der Waals surface area contributed by atoms with E-state index in [1.54, 1.807) is 19.1 Å². The Labute approximate surface area is 154 Å². The van der Waals surface area contributed by atoms with Crippen molar-refractivity contribution < 1.29 is 34.5 Å². The van der Waals surface area contributed by atoms with E-state index in [4.69, 9.17) is 14.2 Å². The van der Waals surface area contributed by atoms with E-state index < -0.39 is 29.7 Å². The monoisotopic (exact) mass is 377 g/mol. The molecule has 4 atom stereocenters. The van der Waals surface area contributed by atoms with Crippen molar-refractivity contribution in [3.8, 4) is 17.2 Å². The molecule has 3 rings (SSSR count). The number of aryl methyl sites for hydroxylation is 2. The summed E-state index contributed by atoms with van der Waals surface area (Å²) < 4.78 is 16.0. The van der Waals surface area contributed by atoms with Crippen molar-refractivity contribution >= 4 is 5.69 Å². The van der Waals surface area contributed by atoms with E-state index in [0.717, 1.165) is 11.6 Å². The molecule has 4 unspecified atom stereocenters. The number of ether oxygens (including phenoxy) is 3. The smallest absolute Gasteiger partial charge is 0.315 e. The summed E-state index contributed by atoms with van der Waals surface area (Å²) in [5.41, 5.74) is 1.16. The molecule has 0 amide bonds. The van der Waals surface area contributed by atoms with Crippen LogP contribution in [0.25, 0.3) is 0 Å². The predicted octanol–water partition coefficient (Wildman–Crippen LogP) is 1.78. The zero-order chi connectivity index (χ0) is 19.7. The summed E-state index contributed by atoms with van der Waals surface area (Å²) in [5.74, 6) is 0.530. The number of nitrogens with zero attached hydrogens (tertiary/aromatic N) is 1. The quantitative estimate of drug-likeness (QED) is 0.531.